The maximum absolute atomic E-state index is 11.5. The molecule has 2 rings (SSSR count). The lowest BCUT2D eigenvalue weighted by molar-refractivity contribution is -0.153. The zero-order chi connectivity index (χ0) is 14.6. The van der Waals surface area contributed by atoms with Crippen molar-refractivity contribution in [2.75, 3.05) is 0 Å². The van der Waals surface area contributed by atoms with Crippen LogP contribution < -0.4 is 4.74 Å². The van der Waals surface area contributed by atoms with E-state index in [0.717, 1.165) is 5.56 Å². The Morgan fingerprint density at radius 2 is 1.75 bits per heavy atom. The molecule has 0 aliphatic heterocycles. The maximum Gasteiger partial charge on any atom is 0.348 e. The van der Waals surface area contributed by atoms with Crippen molar-refractivity contribution < 1.29 is 14.6 Å². The van der Waals surface area contributed by atoms with E-state index in [0.29, 0.717) is 10.8 Å². The molecule has 0 bridgehead atoms. The lowest BCUT2D eigenvalue weighted by Crippen LogP contribution is -2.43. The van der Waals surface area contributed by atoms with Crippen molar-refractivity contribution in [3.63, 3.8) is 0 Å². The van der Waals surface area contributed by atoms with E-state index in [-0.39, 0.29) is 6.42 Å². The van der Waals surface area contributed by atoms with Gasteiger partial charge in [0.2, 0.25) is 5.60 Å². The Bertz CT molecular complexity index is 580. The van der Waals surface area contributed by atoms with Gasteiger partial charge < -0.3 is 9.84 Å². The number of carbonyl (C=O) groups is 1. The molecule has 1 unspecified atom stereocenters. The largest absolute Gasteiger partial charge is 0.478 e. The van der Waals surface area contributed by atoms with Gasteiger partial charge in [-0.15, -0.1) is 0 Å². The van der Waals surface area contributed by atoms with Crippen molar-refractivity contribution in [3.8, 4) is 5.75 Å². The van der Waals surface area contributed by atoms with Crippen LogP contribution in [0, 0.1) is 0 Å². The lowest BCUT2D eigenvalue weighted by Gasteiger charge is -2.26. The summed E-state index contributed by atoms with van der Waals surface area (Å²) in [6, 6.07) is 16.0. The van der Waals surface area contributed by atoms with Gasteiger partial charge in [-0.1, -0.05) is 41.9 Å². The first-order valence-corrected chi connectivity index (χ1v) is 6.59. The normalized spacial score (nSPS) is 13.5. The topological polar surface area (TPSA) is 46.5 Å². The predicted molar refractivity (Wildman–Crippen MR) is 78.3 cm³/mol. The van der Waals surface area contributed by atoms with Crippen molar-refractivity contribution in [3.05, 3.63) is 65.2 Å². The summed E-state index contributed by atoms with van der Waals surface area (Å²) >= 11 is 5.83. The van der Waals surface area contributed by atoms with Gasteiger partial charge in [-0.3, -0.25) is 0 Å². The second-order valence-electron chi connectivity index (χ2n) is 4.75. The van der Waals surface area contributed by atoms with Crippen LogP contribution in [0.1, 0.15) is 12.5 Å². The summed E-state index contributed by atoms with van der Waals surface area (Å²) in [4.78, 5) is 11.5. The van der Waals surface area contributed by atoms with E-state index in [1.165, 1.54) is 0 Å². The summed E-state index contributed by atoms with van der Waals surface area (Å²) in [6.07, 6.45) is 0.258. The zero-order valence-corrected chi connectivity index (χ0v) is 11.8. The highest BCUT2D eigenvalue weighted by molar-refractivity contribution is 6.30. The van der Waals surface area contributed by atoms with Crippen LogP contribution in [0.4, 0.5) is 0 Å². The first-order chi connectivity index (χ1) is 9.49. The second-order valence-corrected chi connectivity index (χ2v) is 5.19. The number of hydrogen-bond acceptors (Lipinski definition) is 2. The van der Waals surface area contributed by atoms with Crippen LogP contribution in [0.5, 0.6) is 5.75 Å². The van der Waals surface area contributed by atoms with E-state index < -0.39 is 11.6 Å². The number of aliphatic carboxylic acids is 1. The number of rotatable bonds is 5. The Morgan fingerprint density at radius 3 is 2.30 bits per heavy atom. The third-order valence-electron chi connectivity index (χ3n) is 2.99. The van der Waals surface area contributed by atoms with Crippen molar-refractivity contribution in [1.82, 2.24) is 0 Å². The molecule has 0 aliphatic carbocycles. The number of benzene rings is 2. The van der Waals surface area contributed by atoms with E-state index in [1.807, 2.05) is 6.07 Å². The molecule has 4 heteroatoms. The second kappa shape index (κ2) is 5.97. The van der Waals surface area contributed by atoms with E-state index in [9.17, 15) is 9.90 Å². The third-order valence-corrected chi connectivity index (χ3v) is 3.25. The first kappa shape index (κ1) is 14.4. The number of halogens is 1. The molecule has 0 saturated carbocycles. The van der Waals surface area contributed by atoms with Crippen LogP contribution in [0.3, 0.4) is 0 Å². The van der Waals surface area contributed by atoms with E-state index in [2.05, 4.69) is 0 Å². The average Bonchev–Trinajstić information content (AvgIpc) is 2.42. The van der Waals surface area contributed by atoms with E-state index >= 15 is 0 Å². The minimum absolute atomic E-state index is 0.258. The molecule has 0 aromatic heterocycles. The van der Waals surface area contributed by atoms with Gasteiger partial charge in [0.05, 0.1) is 0 Å². The van der Waals surface area contributed by atoms with Gasteiger partial charge in [-0.2, -0.15) is 0 Å². The van der Waals surface area contributed by atoms with Crippen LogP contribution in [0.2, 0.25) is 5.02 Å². The molecule has 0 aliphatic rings. The fraction of sp³-hybridized carbons (Fsp3) is 0.188. The van der Waals surface area contributed by atoms with Crippen LogP contribution >= 0.6 is 11.6 Å². The zero-order valence-electron chi connectivity index (χ0n) is 11.0. The minimum Gasteiger partial charge on any atom is -0.478 e. The van der Waals surface area contributed by atoms with Crippen LogP contribution in [0.25, 0.3) is 0 Å². The van der Waals surface area contributed by atoms with Crippen LogP contribution in [-0.2, 0) is 11.2 Å². The number of carboxylic acids is 1. The molecule has 0 fully saturated rings. The number of hydrogen-bond donors (Lipinski definition) is 1. The highest BCUT2D eigenvalue weighted by Gasteiger charge is 2.35. The van der Waals surface area contributed by atoms with Gasteiger partial charge >= 0.3 is 5.97 Å². The Morgan fingerprint density at radius 1 is 1.15 bits per heavy atom. The summed E-state index contributed by atoms with van der Waals surface area (Å²) in [5.41, 5.74) is -0.468. The highest BCUT2D eigenvalue weighted by Crippen LogP contribution is 2.23. The molecule has 2 aromatic rings. The summed E-state index contributed by atoms with van der Waals surface area (Å²) in [5.74, 6) is -0.470. The van der Waals surface area contributed by atoms with Gasteiger partial charge in [0.15, 0.2) is 0 Å². The standard InChI is InChI=1S/C16H15ClO3/c1-16(15(18)19,20-14-5-3-2-4-6-14)11-12-7-9-13(17)10-8-12/h2-10H,11H2,1H3,(H,18,19). The summed E-state index contributed by atoms with van der Waals surface area (Å²) in [6.45, 7) is 1.57. The number of para-hydroxylation sites is 1. The van der Waals surface area contributed by atoms with Crippen molar-refractivity contribution in [2.45, 2.75) is 18.9 Å². The van der Waals surface area contributed by atoms with Gasteiger partial charge in [-0.25, -0.2) is 4.79 Å². The molecular formula is C16H15ClO3. The molecule has 20 heavy (non-hydrogen) atoms. The smallest absolute Gasteiger partial charge is 0.348 e. The minimum atomic E-state index is -1.32. The molecule has 0 saturated heterocycles. The molecule has 1 atom stereocenters. The molecule has 2 aromatic carbocycles. The van der Waals surface area contributed by atoms with Crippen molar-refractivity contribution in [2.24, 2.45) is 0 Å². The molecule has 1 N–H and O–H groups in total. The molecule has 0 amide bonds. The Hall–Kier alpha value is -2.00. The van der Waals surface area contributed by atoms with Gasteiger partial charge in [0.25, 0.3) is 0 Å². The highest BCUT2D eigenvalue weighted by atomic mass is 35.5. The maximum atomic E-state index is 11.5. The third kappa shape index (κ3) is 3.52. The summed E-state index contributed by atoms with van der Waals surface area (Å²) < 4.78 is 5.67. The molecule has 0 radical (unpaired) electrons. The van der Waals surface area contributed by atoms with Gasteiger partial charge in [0, 0.05) is 11.4 Å². The SMILES string of the molecule is CC(Cc1ccc(Cl)cc1)(Oc1ccccc1)C(=O)O. The van der Waals surface area contributed by atoms with E-state index in [4.69, 9.17) is 16.3 Å². The Labute approximate surface area is 122 Å². The molecular weight excluding hydrogens is 276 g/mol. The van der Waals surface area contributed by atoms with Gasteiger partial charge in [-0.05, 0) is 36.8 Å². The molecule has 0 heterocycles. The molecule has 104 valence electrons. The number of ether oxygens (including phenoxy) is 1. The van der Waals surface area contributed by atoms with Crippen LogP contribution in [0.15, 0.2) is 54.6 Å². The number of carboxylic acid groups (broad SMARTS) is 1. The van der Waals surface area contributed by atoms with Crippen molar-refractivity contribution in [1.29, 1.82) is 0 Å². The van der Waals surface area contributed by atoms with Gasteiger partial charge in [0.1, 0.15) is 5.75 Å². The quantitative estimate of drug-likeness (QED) is 0.911. The fourth-order valence-corrected chi connectivity index (χ4v) is 2.02. The van der Waals surface area contributed by atoms with E-state index in [1.54, 1.807) is 55.5 Å². The molecule has 3 nitrogen and oxygen atoms in total. The monoisotopic (exact) mass is 290 g/mol. The summed E-state index contributed by atoms with van der Waals surface area (Å²) in [7, 11) is 0. The van der Waals surface area contributed by atoms with Crippen LogP contribution in [-0.4, -0.2) is 16.7 Å². The lowest BCUT2D eigenvalue weighted by atomic mass is 9.96. The summed E-state index contributed by atoms with van der Waals surface area (Å²) in [5, 5.41) is 10.1. The van der Waals surface area contributed by atoms with Crippen molar-refractivity contribution >= 4 is 17.6 Å². The predicted octanol–water partition coefficient (Wildman–Crippen LogP) is 3.80. The Balaban J connectivity index is 2.21. The Kier molecular flexibility index (Phi) is 4.30. The molecule has 0 spiro atoms. The first-order valence-electron chi connectivity index (χ1n) is 6.21. The fourth-order valence-electron chi connectivity index (χ4n) is 1.90. The average molecular weight is 291 g/mol.